The van der Waals surface area contributed by atoms with E-state index in [2.05, 4.69) is 20.4 Å². The molecule has 0 aliphatic carbocycles. The molecule has 1 N–H and O–H groups in total. The molecule has 1 fully saturated rings. The normalized spacial score (nSPS) is 15.5. The van der Waals surface area contributed by atoms with Crippen LogP contribution in [0.1, 0.15) is 47.3 Å². The molecule has 0 saturated carbocycles. The van der Waals surface area contributed by atoms with Crippen molar-refractivity contribution >= 4 is 5.91 Å². The minimum atomic E-state index is -0.265. The Morgan fingerprint density at radius 2 is 1.94 bits per heavy atom. The summed E-state index contributed by atoms with van der Waals surface area (Å²) < 4.78 is 16.6. The van der Waals surface area contributed by atoms with E-state index in [9.17, 15) is 4.79 Å². The van der Waals surface area contributed by atoms with Gasteiger partial charge in [-0.05, 0) is 57.9 Å². The molecule has 3 aromatic heterocycles. The highest BCUT2D eigenvalue weighted by Crippen LogP contribution is 2.26. The Bertz CT molecular complexity index is 1040. The highest BCUT2D eigenvalue weighted by Gasteiger charge is 2.29. The molecule has 1 aliphatic rings. The molecule has 1 saturated heterocycles. The van der Waals surface area contributed by atoms with Crippen molar-refractivity contribution in [1.82, 2.24) is 20.4 Å². The zero-order valence-electron chi connectivity index (χ0n) is 18.0. The monoisotopic (exact) mass is 422 g/mol. The van der Waals surface area contributed by atoms with E-state index < -0.39 is 0 Å². The average Bonchev–Trinajstić information content (AvgIpc) is 3.13. The SMILES string of the molecule is Cc1ccc(-c2noc(C)c2COc2ccc(C(=O)NC3(C)CCOCC3)nc2)cn1. The molecule has 4 rings (SSSR count). The van der Waals surface area contributed by atoms with Gasteiger partial charge >= 0.3 is 0 Å². The summed E-state index contributed by atoms with van der Waals surface area (Å²) in [6, 6.07) is 7.29. The summed E-state index contributed by atoms with van der Waals surface area (Å²) in [6.07, 6.45) is 4.90. The number of hydrogen-bond acceptors (Lipinski definition) is 7. The van der Waals surface area contributed by atoms with Gasteiger partial charge in [-0.2, -0.15) is 0 Å². The summed E-state index contributed by atoms with van der Waals surface area (Å²) in [4.78, 5) is 21.2. The second-order valence-electron chi connectivity index (χ2n) is 8.05. The standard InChI is InChI=1S/C23H26N4O4/c1-15-4-5-17(12-24-15)21-19(16(2)31-27-21)14-30-18-6-7-20(25-13-18)22(28)26-23(3)8-10-29-11-9-23/h4-7,12-13H,8-11,14H2,1-3H3,(H,26,28). The Balaban J connectivity index is 1.41. The molecule has 31 heavy (non-hydrogen) atoms. The van der Waals surface area contributed by atoms with Gasteiger partial charge in [-0.15, -0.1) is 0 Å². The van der Waals surface area contributed by atoms with Crippen LogP contribution in [0.5, 0.6) is 5.75 Å². The molecule has 0 atom stereocenters. The van der Waals surface area contributed by atoms with Crippen molar-refractivity contribution < 1.29 is 18.8 Å². The molecule has 162 valence electrons. The first-order valence-corrected chi connectivity index (χ1v) is 10.3. The zero-order chi connectivity index (χ0) is 21.8. The Hall–Kier alpha value is -3.26. The molecule has 0 unspecified atom stereocenters. The summed E-state index contributed by atoms with van der Waals surface area (Å²) in [6.45, 7) is 7.39. The number of aromatic nitrogens is 3. The predicted molar refractivity (Wildman–Crippen MR) is 114 cm³/mol. The van der Waals surface area contributed by atoms with Gasteiger partial charge in [0.2, 0.25) is 0 Å². The predicted octanol–water partition coefficient (Wildman–Crippen LogP) is 3.63. The lowest BCUT2D eigenvalue weighted by molar-refractivity contribution is 0.0421. The van der Waals surface area contributed by atoms with Gasteiger partial charge in [0.05, 0.1) is 11.8 Å². The Labute approximate surface area is 181 Å². The molecular formula is C23H26N4O4. The number of pyridine rings is 2. The minimum Gasteiger partial charge on any atom is -0.487 e. The number of rotatable bonds is 6. The van der Waals surface area contributed by atoms with Crippen LogP contribution in [-0.4, -0.2) is 39.8 Å². The van der Waals surface area contributed by atoms with Crippen LogP contribution in [0.25, 0.3) is 11.3 Å². The van der Waals surface area contributed by atoms with Crippen molar-refractivity contribution in [3.63, 3.8) is 0 Å². The minimum absolute atomic E-state index is 0.194. The molecule has 4 heterocycles. The van der Waals surface area contributed by atoms with Crippen molar-refractivity contribution in [1.29, 1.82) is 0 Å². The lowest BCUT2D eigenvalue weighted by Gasteiger charge is -2.34. The van der Waals surface area contributed by atoms with Gasteiger partial charge in [0.15, 0.2) is 0 Å². The fraction of sp³-hybridized carbons (Fsp3) is 0.391. The molecule has 3 aromatic rings. The second-order valence-corrected chi connectivity index (χ2v) is 8.05. The fourth-order valence-electron chi connectivity index (χ4n) is 3.44. The molecule has 1 aliphatic heterocycles. The first-order valence-electron chi connectivity index (χ1n) is 10.3. The van der Waals surface area contributed by atoms with Gasteiger partial charge in [0.25, 0.3) is 5.91 Å². The number of nitrogens with zero attached hydrogens (tertiary/aromatic N) is 3. The summed E-state index contributed by atoms with van der Waals surface area (Å²) in [5.74, 6) is 1.05. The van der Waals surface area contributed by atoms with Crippen LogP contribution >= 0.6 is 0 Å². The molecule has 0 bridgehead atoms. The Morgan fingerprint density at radius 3 is 2.61 bits per heavy atom. The topological polar surface area (TPSA) is 99.4 Å². The van der Waals surface area contributed by atoms with Crippen LogP contribution in [-0.2, 0) is 11.3 Å². The quantitative estimate of drug-likeness (QED) is 0.647. The van der Waals surface area contributed by atoms with E-state index in [1.165, 1.54) is 0 Å². The maximum atomic E-state index is 12.6. The maximum Gasteiger partial charge on any atom is 0.270 e. The van der Waals surface area contributed by atoms with E-state index >= 15 is 0 Å². The van der Waals surface area contributed by atoms with E-state index in [1.807, 2.05) is 32.9 Å². The molecular weight excluding hydrogens is 396 g/mol. The van der Waals surface area contributed by atoms with Crippen LogP contribution in [0.3, 0.4) is 0 Å². The maximum absolute atomic E-state index is 12.6. The lowest BCUT2D eigenvalue weighted by atomic mass is 9.92. The number of aryl methyl sites for hydroxylation is 2. The highest BCUT2D eigenvalue weighted by atomic mass is 16.5. The molecule has 8 heteroatoms. The number of carbonyl (C=O) groups excluding carboxylic acids is 1. The van der Waals surface area contributed by atoms with Crippen molar-refractivity contribution in [3.8, 4) is 17.0 Å². The van der Waals surface area contributed by atoms with Gasteiger partial charge in [0, 0.05) is 36.2 Å². The van der Waals surface area contributed by atoms with Crippen molar-refractivity contribution in [2.75, 3.05) is 13.2 Å². The number of carbonyl (C=O) groups is 1. The number of ether oxygens (including phenoxy) is 2. The largest absolute Gasteiger partial charge is 0.487 e. The Morgan fingerprint density at radius 1 is 1.13 bits per heavy atom. The third-order valence-electron chi connectivity index (χ3n) is 5.53. The number of nitrogens with one attached hydrogen (secondary N) is 1. The molecule has 8 nitrogen and oxygen atoms in total. The molecule has 0 radical (unpaired) electrons. The fourth-order valence-corrected chi connectivity index (χ4v) is 3.44. The smallest absolute Gasteiger partial charge is 0.270 e. The van der Waals surface area contributed by atoms with Gasteiger partial charge in [-0.25, -0.2) is 4.98 Å². The van der Waals surface area contributed by atoms with E-state index in [1.54, 1.807) is 24.5 Å². The third kappa shape index (κ3) is 4.91. The molecule has 0 spiro atoms. The number of hydrogen-bond donors (Lipinski definition) is 1. The van der Waals surface area contributed by atoms with Gasteiger partial charge in [-0.1, -0.05) is 5.16 Å². The Kier molecular flexibility index (Phi) is 5.99. The third-order valence-corrected chi connectivity index (χ3v) is 5.53. The first-order chi connectivity index (χ1) is 14.9. The van der Waals surface area contributed by atoms with Crippen molar-refractivity contribution in [2.45, 2.75) is 45.8 Å². The van der Waals surface area contributed by atoms with Crippen molar-refractivity contribution in [2.24, 2.45) is 0 Å². The van der Waals surface area contributed by atoms with E-state index in [-0.39, 0.29) is 18.1 Å². The highest BCUT2D eigenvalue weighted by molar-refractivity contribution is 5.92. The van der Waals surface area contributed by atoms with Crippen molar-refractivity contribution in [3.05, 3.63) is 59.4 Å². The van der Waals surface area contributed by atoms with E-state index in [0.717, 1.165) is 29.7 Å². The summed E-state index contributed by atoms with van der Waals surface area (Å²) in [5.41, 5.74) is 3.45. The summed E-state index contributed by atoms with van der Waals surface area (Å²) >= 11 is 0. The summed E-state index contributed by atoms with van der Waals surface area (Å²) in [7, 11) is 0. The van der Waals surface area contributed by atoms with Crippen LogP contribution in [0, 0.1) is 13.8 Å². The van der Waals surface area contributed by atoms with Crippen LogP contribution in [0.15, 0.2) is 41.2 Å². The molecule has 1 amide bonds. The first kappa shape index (κ1) is 21.0. The number of amides is 1. The zero-order valence-corrected chi connectivity index (χ0v) is 18.0. The molecule has 0 aromatic carbocycles. The average molecular weight is 422 g/mol. The van der Waals surface area contributed by atoms with E-state index in [4.69, 9.17) is 14.0 Å². The van der Waals surface area contributed by atoms with E-state index in [0.29, 0.717) is 36.1 Å². The lowest BCUT2D eigenvalue weighted by Crippen LogP contribution is -2.49. The van der Waals surface area contributed by atoms with Crippen LogP contribution in [0.4, 0.5) is 0 Å². The van der Waals surface area contributed by atoms with Crippen LogP contribution < -0.4 is 10.1 Å². The second kappa shape index (κ2) is 8.85. The summed E-state index contributed by atoms with van der Waals surface area (Å²) in [5, 5.41) is 7.23. The van der Waals surface area contributed by atoms with Gasteiger partial charge in [0.1, 0.15) is 29.5 Å². The van der Waals surface area contributed by atoms with Gasteiger partial charge in [-0.3, -0.25) is 9.78 Å². The van der Waals surface area contributed by atoms with Gasteiger partial charge < -0.3 is 19.3 Å². The van der Waals surface area contributed by atoms with Crippen LogP contribution in [0.2, 0.25) is 0 Å².